The fraction of sp³-hybridized carbons (Fsp3) is 0.708. The Hall–Kier alpha value is -3.93. The summed E-state index contributed by atoms with van der Waals surface area (Å²) in [4.78, 5) is 38.3. The molecule has 6 nitrogen and oxygen atoms in total. The fourth-order valence-electron chi connectivity index (χ4n) is 9.15. The summed E-state index contributed by atoms with van der Waals surface area (Å²) in [7, 11) is 0. The molecule has 0 amide bonds. The van der Waals surface area contributed by atoms with Gasteiger partial charge in [0.1, 0.15) is 13.2 Å². The Bertz CT molecular complexity index is 1570. The van der Waals surface area contributed by atoms with Crippen LogP contribution >= 0.6 is 0 Å². The minimum atomic E-state index is -0.800. The van der Waals surface area contributed by atoms with Crippen LogP contribution in [-0.4, -0.2) is 37.2 Å². The standard InChI is InChI=1S/C72H122O6/c1-4-7-10-13-16-19-22-25-28-30-31-32-33-34-35-36-37-38-39-40-41-43-44-47-50-53-56-59-62-65-71(74)77-68-69(67-76-70(73)64-61-58-55-52-49-46-27-24-21-18-15-12-9-6-3)78-72(75)66-63-60-57-54-51-48-45-42-29-26-23-20-17-14-11-8-5-2/h7,10,16,19,25,28,31-32,34-35,37-38,40-41,44,47,53,56,69H,4-6,8-9,11-15,17-18,20-24,26-27,29-30,33,36,39,42-43,45-46,48-52,54-55,57-68H2,1-3H3/b10-7-,19-16-,28-25-,32-31-,35-34-,38-37-,41-40-,47-44-,56-53-. The first-order chi connectivity index (χ1) is 38.5. The van der Waals surface area contributed by atoms with E-state index in [9.17, 15) is 14.4 Å². The number of carbonyl (C=O) groups excluding carboxylic acids is 3. The number of carbonyl (C=O) groups is 3. The number of esters is 3. The maximum absolute atomic E-state index is 12.9. The van der Waals surface area contributed by atoms with E-state index in [-0.39, 0.29) is 37.5 Å². The van der Waals surface area contributed by atoms with Crippen LogP contribution in [0, 0.1) is 0 Å². The molecule has 0 fully saturated rings. The molecule has 0 radical (unpaired) electrons. The average Bonchev–Trinajstić information content (AvgIpc) is 3.44. The smallest absolute Gasteiger partial charge is 0.306 e. The highest BCUT2D eigenvalue weighted by Gasteiger charge is 2.19. The van der Waals surface area contributed by atoms with Crippen molar-refractivity contribution < 1.29 is 28.6 Å². The first kappa shape index (κ1) is 74.1. The van der Waals surface area contributed by atoms with Crippen LogP contribution in [0.4, 0.5) is 0 Å². The number of rotatable bonds is 59. The second-order valence-electron chi connectivity index (χ2n) is 21.7. The normalized spacial score (nSPS) is 12.8. The molecule has 0 aliphatic rings. The quantitative estimate of drug-likeness (QED) is 0.0261. The lowest BCUT2D eigenvalue weighted by atomic mass is 10.0. The van der Waals surface area contributed by atoms with Gasteiger partial charge in [-0.2, -0.15) is 0 Å². The van der Waals surface area contributed by atoms with Gasteiger partial charge in [-0.15, -0.1) is 0 Å². The van der Waals surface area contributed by atoms with Gasteiger partial charge in [-0.3, -0.25) is 14.4 Å². The molecule has 0 saturated carbocycles. The fourth-order valence-corrected chi connectivity index (χ4v) is 9.15. The molecule has 0 rings (SSSR count). The van der Waals surface area contributed by atoms with Gasteiger partial charge in [0.2, 0.25) is 0 Å². The van der Waals surface area contributed by atoms with E-state index in [0.29, 0.717) is 19.3 Å². The maximum atomic E-state index is 12.9. The average molecular weight is 1080 g/mol. The highest BCUT2D eigenvalue weighted by Crippen LogP contribution is 2.17. The lowest BCUT2D eigenvalue weighted by Crippen LogP contribution is -2.30. The Morgan fingerprint density at radius 3 is 0.782 bits per heavy atom. The minimum absolute atomic E-state index is 0.0922. The molecule has 0 N–H and O–H groups in total. The maximum Gasteiger partial charge on any atom is 0.306 e. The van der Waals surface area contributed by atoms with Gasteiger partial charge in [0.15, 0.2) is 6.10 Å². The van der Waals surface area contributed by atoms with Crippen LogP contribution in [0.25, 0.3) is 0 Å². The van der Waals surface area contributed by atoms with Gasteiger partial charge in [0, 0.05) is 19.3 Å². The topological polar surface area (TPSA) is 78.9 Å². The third-order valence-electron chi connectivity index (χ3n) is 14.0. The Morgan fingerprint density at radius 1 is 0.269 bits per heavy atom. The number of unbranched alkanes of at least 4 members (excludes halogenated alkanes) is 30. The van der Waals surface area contributed by atoms with Crippen molar-refractivity contribution in [3.8, 4) is 0 Å². The zero-order valence-corrected chi connectivity index (χ0v) is 51.2. The minimum Gasteiger partial charge on any atom is -0.462 e. The van der Waals surface area contributed by atoms with Crippen LogP contribution in [-0.2, 0) is 28.6 Å². The molecule has 0 bridgehead atoms. The van der Waals surface area contributed by atoms with E-state index in [1.807, 2.05) is 0 Å². The van der Waals surface area contributed by atoms with E-state index in [1.165, 1.54) is 161 Å². The summed E-state index contributed by atoms with van der Waals surface area (Å²) in [5.41, 5.74) is 0. The van der Waals surface area contributed by atoms with Gasteiger partial charge in [0.25, 0.3) is 0 Å². The van der Waals surface area contributed by atoms with Crippen molar-refractivity contribution in [3.63, 3.8) is 0 Å². The molecule has 0 saturated heterocycles. The van der Waals surface area contributed by atoms with E-state index in [1.54, 1.807) is 0 Å². The summed E-state index contributed by atoms with van der Waals surface area (Å²) in [6.07, 6.45) is 89.6. The zero-order chi connectivity index (χ0) is 56.4. The van der Waals surface area contributed by atoms with Crippen molar-refractivity contribution in [2.75, 3.05) is 13.2 Å². The van der Waals surface area contributed by atoms with Crippen LogP contribution in [0.2, 0.25) is 0 Å². The van der Waals surface area contributed by atoms with E-state index < -0.39 is 6.10 Å². The summed E-state index contributed by atoms with van der Waals surface area (Å²) in [5.74, 6) is -0.942. The third-order valence-corrected chi connectivity index (χ3v) is 14.0. The predicted octanol–water partition coefficient (Wildman–Crippen LogP) is 22.6. The summed E-state index contributed by atoms with van der Waals surface area (Å²) in [5, 5.41) is 0. The highest BCUT2D eigenvalue weighted by molar-refractivity contribution is 5.71. The van der Waals surface area contributed by atoms with E-state index in [2.05, 4.69) is 130 Å². The molecular formula is C72H122O6. The van der Waals surface area contributed by atoms with E-state index >= 15 is 0 Å². The van der Waals surface area contributed by atoms with Crippen molar-refractivity contribution in [1.82, 2.24) is 0 Å². The lowest BCUT2D eigenvalue weighted by molar-refractivity contribution is -0.167. The molecular weight excluding hydrogens is 961 g/mol. The van der Waals surface area contributed by atoms with Crippen LogP contribution in [0.5, 0.6) is 0 Å². The van der Waals surface area contributed by atoms with Crippen molar-refractivity contribution in [3.05, 3.63) is 109 Å². The predicted molar refractivity (Wildman–Crippen MR) is 339 cm³/mol. The summed E-state index contributed by atoms with van der Waals surface area (Å²) in [6, 6.07) is 0. The third kappa shape index (κ3) is 62.9. The first-order valence-electron chi connectivity index (χ1n) is 32.9. The first-order valence-corrected chi connectivity index (χ1v) is 32.9. The molecule has 78 heavy (non-hydrogen) atoms. The monoisotopic (exact) mass is 1080 g/mol. The van der Waals surface area contributed by atoms with Gasteiger partial charge >= 0.3 is 17.9 Å². The van der Waals surface area contributed by atoms with Crippen molar-refractivity contribution >= 4 is 17.9 Å². The largest absolute Gasteiger partial charge is 0.462 e. The Labute approximate surface area is 482 Å². The second kappa shape index (κ2) is 65.6. The summed E-state index contributed by atoms with van der Waals surface area (Å²) < 4.78 is 16.9. The molecule has 0 aromatic heterocycles. The molecule has 0 spiro atoms. The highest BCUT2D eigenvalue weighted by atomic mass is 16.6. The molecule has 0 aromatic carbocycles. The SMILES string of the molecule is CC/C=C\C/C=C\C/C=C\C/C=C\C/C=C\C/C=C\C/C=C\C/C=C\C/C=C\CCCC(=O)OCC(COC(=O)CCCCCCCCCCCCCCCC)OC(=O)CCCCCCCCCCCCCCCCCCC. The van der Waals surface area contributed by atoms with E-state index in [0.717, 1.165) is 103 Å². The molecule has 446 valence electrons. The summed E-state index contributed by atoms with van der Waals surface area (Å²) >= 11 is 0. The van der Waals surface area contributed by atoms with Crippen molar-refractivity contribution in [2.45, 2.75) is 316 Å². The second-order valence-corrected chi connectivity index (χ2v) is 21.7. The van der Waals surface area contributed by atoms with Crippen LogP contribution in [0.15, 0.2) is 109 Å². The molecule has 0 heterocycles. The summed E-state index contributed by atoms with van der Waals surface area (Å²) in [6.45, 7) is 6.51. The van der Waals surface area contributed by atoms with Gasteiger partial charge in [0.05, 0.1) is 0 Å². The molecule has 0 aromatic rings. The van der Waals surface area contributed by atoms with Crippen LogP contribution in [0.3, 0.4) is 0 Å². The molecule has 1 atom stereocenters. The van der Waals surface area contributed by atoms with Gasteiger partial charge in [-0.25, -0.2) is 0 Å². The van der Waals surface area contributed by atoms with E-state index in [4.69, 9.17) is 14.2 Å². The Kier molecular flexibility index (Phi) is 62.3. The van der Waals surface area contributed by atoms with Crippen molar-refractivity contribution in [1.29, 1.82) is 0 Å². The van der Waals surface area contributed by atoms with Crippen LogP contribution < -0.4 is 0 Å². The van der Waals surface area contributed by atoms with Gasteiger partial charge < -0.3 is 14.2 Å². The van der Waals surface area contributed by atoms with Gasteiger partial charge in [-0.1, -0.05) is 316 Å². The zero-order valence-electron chi connectivity index (χ0n) is 51.2. The number of hydrogen-bond donors (Lipinski definition) is 0. The van der Waals surface area contributed by atoms with Crippen LogP contribution in [0.1, 0.15) is 310 Å². The number of hydrogen-bond acceptors (Lipinski definition) is 6. The number of ether oxygens (including phenoxy) is 3. The van der Waals surface area contributed by atoms with Crippen molar-refractivity contribution in [2.24, 2.45) is 0 Å². The Morgan fingerprint density at radius 2 is 0.500 bits per heavy atom. The Balaban J connectivity index is 4.42. The molecule has 6 heteroatoms. The number of allylic oxidation sites excluding steroid dienone is 18. The molecule has 0 aliphatic heterocycles. The lowest BCUT2D eigenvalue weighted by Gasteiger charge is -2.18. The molecule has 0 aliphatic carbocycles. The molecule has 1 unspecified atom stereocenters. The van der Waals surface area contributed by atoms with Gasteiger partial charge in [-0.05, 0) is 83.5 Å².